The van der Waals surface area contributed by atoms with Crippen molar-refractivity contribution in [3.63, 3.8) is 0 Å². The lowest BCUT2D eigenvalue weighted by atomic mass is 9.94. The molecule has 1 aliphatic rings. The summed E-state index contributed by atoms with van der Waals surface area (Å²) in [4.78, 5) is 11.7. The zero-order valence-corrected chi connectivity index (χ0v) is 10.6. The Morgan fingerprint density at radius 2 is 2.00 bits per heavy atom. The van der Waals surface area contributed by atoms with Crippen molar-refractivity contribution in [2.75, 3.05) is 5.32 Å². The van der Waals surface area contributed by atoms with Crippen LogP contribution in [0.1, 0.15) is 33.3 Å². The second kappa shape index (κ2) is 3.47. The summed E-state index contributed by atoms with van der Waals surface area (Å²) in [6, 6.07) is 5.61. The molecule has 1 aromatic rings. The fourth-order valence-corrected chi connectivity index (χ4v) is 1.70. The van der Waals surface area contributed by atoms with Crippen LogP contribution in [0.4, 0.5) is 5.69 Å². The molecule has 0 aliphatic carbocycles. The van der Waals surface area contributed by atoms with Gasteiger partial charge in [-0.1, -0.05) is 6.07 Å². The first-order valence-electron chi connectivity index (χ1n) is 5.64. The number of anilines is 1. The van der Waals surface area contributed by atoms with Crippen LogP contribution in [0.3, 0.4) is 0 Å². The number of benzene rings is 1. The average Bonchev–Trinajstić information content (AvgIpc) is 2.17. The molecule has 0 fully saturated rings. The highest BCUT2D eigenvalue weighted by Gasteiger charge is 2.35. The van der Waals surface area contributed by atoms with Crippen molar-refractivity contribution < 1.29 is 9.53 Å². The van der Waals surface area contributed by atoms with E-state index in [1.165, 1.54) is 0 Å². The Labute approximate surface area is 101 Å². The van der Waals surface area contributed by atoms with Gasteiger partial charge in [-0.3, -0.25) is 4.79 Å². The highest BCUT2D eigenvalue weighted by atomic mass is 16.5. The predicted molar refractivity (Wildman–Crippen MR) is 67.0 cm³/mol. The fraction of sp³-hybridized carbons (Fsp3) is 0.462. The third-order valence-corrected chi connectivity index (χ3v) is 2.89. The Hall–Kier alpha value is -1.55. The van der Waals surface area contributed by atoms with Crippen LogP contribution in [-0.4, -0.2) is 11.5 Å². The second-order valence-electron chi connectivity index (χ2n) is 5.50. The molecule has 1 heterocycles. The van der Waals surface area contributed by atoms with E-state index in [0.29, 0.717) is 11.4 Å². The summed E-state index contributed by atoms with van der Waals surface area (Å²) < 4.78 is 5.70. The highest BCUT2D eigenvalue weighted by Crippen LogP contribution is 2.36. The van der Waals surface area contributed by atoms with E-state index in [1.54, 1.807) is 13.8 Å². The van der Waals surface area contributed by atoms with Crippen molar-refractivity contribution >= 4 is 11.6 Å². The molecule has 0 atom stereocenters. The van der Waals surface area contributed by atoms with Gasteiger partial charge in [0, 0.05) is 5.54 Å². The molecule has 0 saturated heterocycles. The van der Waals surface area contributed by atoms with E-state index in [2.05, 4.69) is 5.32 Å². The van der Waals surface area contributed by atoms with Crippen molar-refractivity contribution in [2.24, 2.45) is 5.73 Å². The molecule has 3 N–H and O–H groups in total. The van der Waals surface area contributed by atoms with Crippen molar-refractivity contribution in [2.45, 2.75) is 38.8 Å². The molecule has 92 valence electrons. The molecule has 0 saturated carbocycles. The van der Waals surface area contributed by atoms with Crippen LogP contribution >= 0.6 is 0 Å². The van der Waals surface area contributed by atoms with Gasteiger partial charge in [0.2, 0.25) is 0 Å². The molecule has 1 amide bonds. The lowest BCUT2D eigenvalue weighted by molar-refractivity contribution is -0.129. The Balaban J connectivity index is 2.45. The molecule has 0 radical (unpaired) electrons. The fourth-order valence-electron chi connectivity index (χ4n) is 1.70. The molecular weight excluding hydrogens is 216 g/mol. The van der Waals surface area contributed by atoms with Crippen LogP contribution < -0.4 is 15.8 Å². The van der Waals surface area contributed by atoms with E-state index in [-0.39, 0.29) is 5.91 Å². The number of hydrogen-bond acceptors (Lipinski definition) is 3. The summed E-state index contributed by atoms with van der Waals surface area (Å²) in [6.45, 7) is 7.35. The maximum atomic E-state index is 11.7. The molecule has 2 rings (SSSR count). The Bertz CT molecular complexity index is 473. The van der Waals surface area contributed by atoms with Gasteiger partial charge in [-0.15, -0.1) is 0 Å². The van der Waals surface area contributed by atoms with Crippen LogP contribution in [0.15, 0.2) is 18.2 Å². The highest BCUT2D eigenvalue weighted by molar-refractivity contribution is 6.00. The molecule has 4 nitrogen and oxygen atoms in total. The summed E-state index contributed by atoms with van der Waals surface area (Å²) >= 11 is 0. The Morgan fingerprint density at radius 1 is 1.35 bits per heavy atom. The van der Waals surface area contributed by atoms with Gasteiger partial charge >= 0.3 is 0 Å². The average molecular weight is 234 g/mol. The molecule has 1 aliphatic heterocycles. The third kappa shape index (κ3) is 2.13. The van der Waals surface area contributed by atoms with Gasteiger partial charge in [0.05, 0.1) is 5.69 Å². The van der Waals surface area contributed by atoms with E-state index in [4.69, 9.17) is 10.5 Å². The number of hydrogen-bond donors (Lipinski definition) is 2. The van der Waals surface area contributed by atoms with Crippen LogP contribution in [0.5, 0.6) is 5.75 Å². The maximum absolute atomic E-state index is 11.7. The summed E-state index contributed by atoms with van der Waals surface area (Å²) in [7, 11) is 0. The number of rotatable bonds is 1. The van der Waals surface area contributed by atoms with E-state index in [1.807, 2.05) is 32.0 Å². The minimum absolute atomic E-state index is 0.134. The van der Waals surface area contributed by atoms with Crippen molar-refractivity contribution in [1.82, 2.24) is 0 Å². The van der Waals surface area contributed by atoms with Crippen LogP contribution in [-0.2, 0) is 10.3 Å². The summed E-state index contributed by atoms with van der Waals surface area (Å²) in [5.41, 5.74) is 6.44. The molecular formula is C13H18N2O2. The monoisotopic (exact) mass is 234 g/mol. The zero-order chi connectivity index (χ0) is 12.8. The number of carbonyl (C=O) groups excluding carboxylic acids is 1. The summed E-state index contributed by atoms with van der Waals surface area (Å²) in [5.74, 6) is 0.537. The second-order valence-corrected chi connectivity index (χ2v) is 5.50. The number of nitrogens with one attached hydrogen (secondary N) is 1. The van der Waals surface area contributed by atoms with Gasteiger partial charge in [0.1, 0.15) is 5.75 Å². The van der Waals surface area contributed by atoms with Gasteiger partial charge in [0.25, 0.3) is 5.91 Å². The quantitative estimate of drug-likeness (QED) is 0.781. The van der Waals surface area contributed by atoms with Gasteiger partial charge in [-0.2, -0.15) is 0 Å². The minimum Gasteiger partial charge on any atom is -0.476 e. The number of amides is 1. The molecule has 0 bridgehead atoms. The topological polar surface area (TPSA) is 64.3 Å². The Morgan fingerprint density at radius 3 is 2.59 bits per heavy atom. The number of carbonyl (C=O) groups is 1. The van der Waals surface area contributed by atoms with Gasteiger partial charge < -0.3 is 15.8 Å². The van der Waals surface area contributed by atoms with Gasteiger partial charge in [-0.25, -0.2) is 0 Å². The molecule has 0 unspecified atom stereocenters. The van der Waals surface area contributed by atoms with E-state index >= 15 is 0 Å². The van der Waals surface area contributed by atoms with Gasteiger partial charge in [-0.05, 0) is 45.4 Å². The minimum atomic E-state index is -0.843. The predicted octanol–water partition coefficient (Wildman–Crippen LogP) is 1.99. The first-order chi connectivity index (χ1) is 7.70. The first kappa shape index (κ1) is 11.9. The van der Waals surface area contributed by atoms with Crippen LogP contribution in [0.2, 0.25) is 0 Å². The normalized spacial score (nSPS) is 18.1. The van der Waals surface area contributed by atoms with Crippen molar-refractivity contribution in [1.29, 1.82) is 0 Å². The molecule has 1 aromatic carbocycles. The summed E-state index contributed by atoms with van der Waals surface area (Å²) in [5, 5.41) is 2.82. The number of fused-ring (bicyclic) bond motifs is 1. The van der Waals surface area contributed by atoms with E-state index in [0.717, 1.165) is 5.56 Å². The smallest absolute Gasteiger partial charge is 0.268 e. The zero-order valence-electron chi connectivity index (χ0n) is 10.6. The standard InChI is InChI=1S/C13H18N2O2/c1-12(2,14)8-5-6-9-10(7-8)17-13(3,4)11(16)15-9/h5-7H,14H2,1-4H3,(H,15,16). The van der Waals surface area contributed by atoms with Crippen molar-refractivity contribution in [3.8, 4) is 5.75 Å². The first-order valence-corrected chi connectivity index (χ1v) is 5.64. The molecule has 4 heteroatoms. The number of nitrogens with two attached hydrogens (primary N) is 1. The third-order valence-electron chi connectivity index (χ3n) is 2.89. The lowest BCUT2D eigenvalue weighted by Gasteiger charge is -2.32. The van der Waals surface area contributed by atoms with Crippen molar-refractivity contribution in [3.05, 3.63) is 23.8 Å². The lowest BCUT2D eigenvalue weighted by Crippen LogP contribution is -2.45. The number of ether oxygens (including phenoxy) is 1. The summed E-state index contributed by atoms with van der Waals surface area (Å²) in [6.07, 6.45) is 0. The maximum Gasteiger partial charge on any atom is 0.268 e. The SMILES string of the molecule is CC1(C)Oc2cc(C(C)(C)N)ccc2NC1=O. The van der Waals surface area contributed by atoms with E-state index < -0.39 is 11.1 Å². The molecule has 0 aromatic heterocycles. The Kier molecular flexibility index (Phi) is 2.43. The van der Waals surface area contributed by atoms with Crippen LogP contribution in [0, 0.1) is 0 Å². The van der Waals surface area contributed by atoms with Gasteiger partial charge in [0.15, 0.2) is 5.60 Å². The molecule has 17 heavy (non-hydrogen) atoms. The van der Waals surface area contributed by atoms with Crippen LogP contribution in [0.25, 0.3) is 0 Å². The van der Waals surface area contributed by atoms with E-state index in [9.17, 15) is 4.79 Å². The largest absolute Gasteiger partial charge is 0.476 e. The molecule has 0 spiro atoms.